The summed E-state index contributed by atoms with van der Waals surface area (Å²) in [7, 11) is 0. The molecule has 0 N–H and O–H groups in total. The van der Waals surface area contributed by atoms with Gasteiger partial charge in [-0.25, -0.2) is 4.39 Å². The summed E-state index contributed by atoms with van der Waals surface area (Å²) in [5, 5.41) is 0. The van der Waals surface area contributed by atoms with Gasteiger partial charge in [0.15, 0.2) is 5.78 Å². The summed E-state index contributed by atoms with van der Waals surface area (Å²) in [5.41, 5.74) is 2.08. The average molecular weight is 293 g/mol. The lowest BCUT2D eigenvalue weighted by Crippen LogP contribution is -2.03. The molecule has 1 nitrogen and oxygen atoms in total. The topological polar surface area (TPSA) is 17.1 Å². The van der Waals surface area contributed by atoms with Gasteiger partial charge in [0.05, 0.1) is 0 Å². The summed E-state index contributed by atoms with van der Waals surface area (Å²) in [6.45, 7) is 1.92. The number of carbonyl (C=O) groups excluding carboxylic acids is 1. The molecule has 0 amide bonds. The number of aryl methyl sites for hydroxylation is 1. The lowest BCUT2D eigenvalue weighted by molar-refractivity contribution is 0.103. The first-order valence-corrected chi connectivity index (χ1v) is 5.94. The third kappa shape index (κ3) is 2.44. The summed E-state index contributed by atoms with van der Waals surface area (Å²) in [5.74, 6) is -0.453. The van der Waals surface area contributed by atoms with Crippen LogP contribution in [0.25, 0.3) is 0 Å². The highest BCUT2D eigenvalue weighted by atomic mass is 79.9. The lowest BCUT2D eigenvalue weighted by atomic mass is 10.0. The van der Waals surface area contributed by atoms with E-state index < -0.39 is 0 Å². The van der Waals surface area contributed by atoms with Crippen molar-refractivity contribution in [3.63, 3.8) is 0 Å². The molecule has 0 radical (unpaired) electrons. The number of halogens is 2. The molecule has 2 aromatic rings. The maximum absolute atomic E-state index is 12.8. The maximum Gasteiger partial charge on any atom is 0.194 e. The van der Waals surface area contributed by atoms with Crippen LogP contribution in [0.2, 0.25) is 0 Å². The highest BCUT2D eigenvalue weighted by molar-refractivity contribution is 9.10. The molecule has 17 heavy (non-hydrogen) atoms. The summed E-state index contributed by atoms with van der Waals surface area (Å²) in [6, 6.07) is 11.1. The van der Waals surface area contributed by atoms with Gasteiger partial charge in [-0.2, -0.15) is 0 Å². The molecule has 0 saturated heterocycles. The third-order valence-corrected chi connectivity index (χ3v) is 3.60. The van der Waals surface area contributed by atoms with Crippen LogP contribution in [0.3, 0.4) is 0 Å². The van der Waals surface area contributed by atoms with E-state index in [0.29, 0.717) is 11.1 Å². The number of benzene rings is 2. The Balaban J connectivity index is 2.44. The normalized spacial score (nSPS) is 10.3. The lowest BCUT2D eigenvalue weighted by Gasteiger charge is -2.06. The Morgan fingerprint density at radius 3 is 2.41 bits per heavy atom. The first-order chi connectivity index (χ1) is 8.09. The van der Waals surface area contributed by atoms with E-state index >= 15 is 0 Å². The minimum absolute atomic E-state index is 0.111. The largest absolute Gasteiger partial charge is 0.289 e. The molecule has 0 aliphatic rings. The Bertz CT molecular complexity index is 561. The van der Waals surface area contributed by atoms with E-state index in [1.807, 2.05) is 19.1 Å². The van der Waals surface area contributed by atoms with Gasteiger partial charge in [0, 0.05) is 15.6 Å². The molecule has 0 atom stereocenters. The van der Waals surface area contributed by atoms with E-state index in [-0.39, 0.29) is 11.6 Å². The van der Waals surface area contributed by atoms with Crippen molar-refractivity contribution in [2.75, 3.05) is 0 Å². The minimum atomic E-state index is -0.343. The fourth-order valence-corrected chi connectivity index (χ4v) is 2.02. The molecule has 0 fully saturated rings. The molecule has 0 spiro atoms. The Labute approximate surface area is 107 Å². The van der Waals surface area contributed by atoms with Crippen LogP contribution in [0.1, 0.15) is 21.5 Å². The smallest absolute Gasteiger partial charge is 0.194 e. The molecule has 3 heteroatoms. The van der Waals surface area contributed by atoms with E-state index in [4.69, 9.17) is 0 Å². The second-order valence-corrected chi connectivity index (χ2v) is 4.57. The first-order valence-electron chi connectivity index (χ1n) is 5.15. The molecule has 0 saturated carbocycles. The Morgan fingerprint density at radius 2 is 1.76 bits per heavy atom. The van der Waals surface area contributed by atoms with E-state index in [9.17, 15) is 9.18 Å². The van der Waals surface area contributed by atoms with Crippen molar-refractivity contribution < 1.29 is 9.18 Å². The van der Waals surface area contributed by atoms with Crippen molar-refractivity contribution in [1.29, 1.82) is 0 Å². The van der Waals surface area contributed by atoms with Gasteiger partial charge in [0.25, 0.3) is 0 Å². The predicted molar refractivity (Wildman–Crippen MR) is 68.7 cm³/mol. The van der Waals surface area contributed by atoms with Crippen LogP contribution in [-0.2, 0) is 0 Å². The second kappa shape index (κ2) is 4.80. The molecule has 0 aliphatic carbocycles. The van der Waals surface area contributed by atoms with Gasteiger partial charge in [0.2, 0.25) is 0 Å². The highest BCUT2D eigenvalue weighted by Gasteiger charge is 2.13. The SMILES string of the molecule is Cc1cccc(C(=O)c2ccc(F)cc2)c1Br. The number of hydrogen-bond acceptors (Lipinski definition) is 1. The van der Waals surface area contributed by atoms with Crippen molar-refractivity contribution in [1.82, 2.24) is 0 Å². The molecule has 86 valence electrons. The Kier molecular flexibility index (Phi) is 3.38. The standard InChI is InChI=1S/C14H10BrFO/c1-9-3-2-4-12(13(9)15)14(17)10-5-7-11(16)8-6-10/h2-8H,1H3. The first kappa shape index (κ1) is 12.0. The molecular formula is C14H10BrFO. The predicted octanol–water partition coefficient (Wildman–Crippen LogP) is 4.13. The van der Waals surface area contributed by atoms with Crippen LogP contribution >= 0.6 is 15.9 Å². The second-order valence-electron chi connectivity index (χ2n) is 3.77. The summed E-state index contributed by atoms with van der Waals surface area (Å²) in [6.07, 6.45) is 0. The quantitative estimate of drug-likeness (QED) is 0.761. The Morgan fingerprint density at radius 1 is 1.12 bits per heavy atom. The number of hydrogen-bond donors (Lipinski definition) is 0. The van der Waals surface area contributed by atoms with Crippen LogP contribution in [0, 0.1) is 12.7 Å². The summed E-state index contributed by atoms with van der Waals surface area (Å²) >= 11 is 3.40. The maximum atomic E-state index is 12.8. The summed E-state index contributed by atoms with van der Waals surface area (Å²) in [4.78, 5) is 12.2. The van der Waals surface area contributed by atoms with Gasteiger partial charge in [-0.3, -0.25) is 4.79 Å². The van der Waals surface area contributed by atoms with Crippen molar-refractivity contribution in [3.8, 4) is 0 Å². The zero-order valence-electron chi connectivity index (χ0n) is 9.21. The number of ketones is 1. The van der Waals surface area contributed by atoms with E-state index in [1.54, 1.807) is 6.07 Å². The zero-order chi connectivity index (χ0) is 12.4. The fraction of sp³-hybridized carbons (Fsp3) is 0.0714. The number of rotatable bonds is 2. The van der Waals surface area contributed by atoms with Gasteiger partial charge < -0.3 is 0 Å². The molecule has 0 heterocycles. The molecule has 0 aromatic heterocycles. The fourth-order valence-electron chi connectivity index (χ4n) is 1.58. The molecular weight excluding hydrogens is 283 g/mol. The molecule has 0 bridgehead atoms. The number of carbonyl (C=O) groups is 1. The Hall–Kier alpha value is -1.48. The van der Waals surface area contributed by atoms with Crippen LogP contribution in [-0.4, -0.2) is 5.78 Å². The van der Waals surface area contributed by atoms with Crippen LogP contribution in [0.5, 0.6) is 0 Å². The third-order valence-electron chi connectivity index (χ3n) is 2.54. The molecule has 0 aliphatic heterocycles. The van der Waals surface area contributed by atoms with Gasteiger partial charge in [-0.15, -0.1) is 0 Å². The summed E-state index contributed by atoms with van der Waals surface area (Å²) < 4.78 is 13.6. The minimum Gasteiger partial charge on any atom is -0.289 e. The van der Waals surface area contributed by atoms with E-state index in [1.165, 1.54) is 24.3 Å². The van der Waals surface area contributed by atoms with Gasteiger partial charge in [-0.1, -0.05) is 12.1 Å². The van der Waals surface area contributed by atoms with Crippen molar-refractivity contribution in [2.24, 2.45) is 0 Å². The monoisotopic (exact) mass is 292 g/mol. The van der Waals surface area contributed by atoms with Crippen molar-refractivity contribution in [3.05, 3.63) is 69.4 Å². The zero-order valence-corrected chi connectivity index (χ0v) is 10.8. The van der Waals surface area contributed by atoms with Crippen LogP contribution in [0.4, 0.5) is 4.39 Å². The van der Waals surface area contributed by atoms with E-state index in [0.717, 1.165) is 10.0 Å². The van der Waals surface area contributed by atoms with Crippen LogP contribution in [0.15, 0.2) is 46.9 Å². The van der Waals surface area contributed by atoms with Gasteiger partial charge >= 0.3 is 0 Å². The molecule has 2 rings (SSSR count). The van der Waals surface area contributed by atoms with Crippen molar-refractivity contribution in [2.45, 2.75) is 6.92 Å². The average Bonchev–Trinajstić information content (AvgIpc) is 2.33. The van der Waals surface area contributed by atoms with Gasteiger partial charge in [0.1, 0.15) is 5.82 Å². The van der Waals surface area contributed by atoms with Gasteiger partial charge in [-0.05, 0) is 58.7 Å². The van der Waals surface area contributed by atoms with Crippen molar-refractivity contribution >= 4 is 21.7 Å². The van der Waals surface area contributed by atoms with Crippen LogP contribution < -0.4 is 0 Å². The molecule has 2 aromatic carbocycles. The molecule has 0 unspecified atom stereocenters. The highest BCUT2D eigenvalue weighted by Crippen LogP contribution is 2.23. The van der Waals surface area contributed by atoms with E-state index in [2.05, 4.69) is 15.9 Å².